The van der Waals surface area contributed by atoms with E-state index in [9.17, 15) is 14.4 Å². The predicted octanol–water partition coefficient (Wildman–Crippen LogP) is -0.232. The van der Waals surface area contributed by atoms with E-state index in [4.69, 9.17) is 5.84 Å². The maximum Gasteiger partial charge on any atom is 0.257 e. The summed E-state index contributed by atoms with van der Waals surface area (Å²) >= 11 is 0. The average molecular weight is 276 g/mol. The quantitative estimate of drug-likeness (QED) is 0.393. The van der Waals surface area contributed by atoms with Gasteiger partial charge in [-0.15, -0.1) is 0 Å². The van der Waals surface area contributed by atoms with E-state index in [1.54, 1.807) is 19.1 Å². The van der Waals surface area contributed by atoms with E-state index < -0.39 is 23.8 Å². The number of imide groups is 1. The normalized spacial score (nSPS) is 18.8. The van der Waals surface area contributed by atoms with Crippen LogP contribution < -0.4 is 16.6 Å². The molecule has 106 valence electrons. The van der Waals surface area contributed by atoms with Crippen molar-refractivity contribution in [2.45, 2.75) is 19.9 Å². The Morgan fingerprint density at radius 2 is 2.15 bits per heavy atom. The number of hydrazine groups is 1. The highest BCUT2D eigenvalue weighted by Crippen LogP contribution is 2.20. The van der Waals surface area contributed by atoms with E-state index in [1.165, 1.54) is 4.90 Å². The van der Waals surface area contributed by atoms with Gasteiger partial charge in [-0.05, 0) is 26.0 Å². The average Bonchev–Trinajstić information content (AvgIpc) is 2.42. The SMILES string of the molecule is Cc1ccc(NN)c(C(=O)N2CC(=O)NC(=O)C2C)c1. The number of hydrogen-bond acceptors (Lipinski definition) is 5. The van der Waals surface area contributed by atoms with Crippen molar-refractivity contribution in [1.29, 1.82) is 0 Å². The zero-order valence-electron chi connectivity index (χ0n) is 11.3. The molecule has 4 N–H and O–H groups in total. The van der Waals surface area contributed by atoms with Crippen LogP contribution in [0.2, 0.25) is 0 Å². The van der Waals surface area contributed by atoms with Crippen molar-refractivity contribution in [3.05, 3.63) is 29.3 Å². The fourth-order valence-electron chi connectivity index (χ4n) is 2.08. The van der Waals surface area contributed by atoms with Gasteiger partial charge in [-0.3, -0.25) is 25.5 Å². The summed E-state index contributed by atoms with van der Waals surface area (Å²) in [5.41, 5.74) is 4.11. The number of piperazine rings is 1. The molecule has 1 atom stereocenters. The summed E-state index contributed by atoms with van der Waals surface area (Å²) in [7, 11) is 0. The van der Waals surface area contributed by atoms with Gasteiger partial charge in [0.1, 0.15) is 12.6 Å². The Morgan fingerprint density at radius 1 is 1.45 bits per heavy atom. The number of carbonyl (C=O) groups excluding carboxylic acids is 3. The number of nitrogens with zero attached hydrogens (tertiary/aromatic N) is 1. The molecular formula is C13H16N4O3. The van der Waals surface area contributed by atoms with Crippen molar-refractivity contribution < 1.29 is 14.4 Å². The maximum absolute atomic E-state index is 12.5. The summed E-state index contributed by atoms with van der Waals surface area (Å²) in [5.74, 6) is 4.01. The van der Waals surface area contributed by atoms with Crippen molar-refractivity contribution in [2.24, 2.45) is 5.84 Å². The molecule has 3 amide bonds. The molecule has 1 aromatic carbocycles. The van der Waals surface area contributed by atoms with Crippen molar-refractivity contribution in [1.82, 2.24) is 10.2 Å². The number of benzene rings is 1. The molecule has 1 aliphatic heterocycles. The molecule has 0 aromatic heterocycles. The minimum atomic E-state index is -0.702. The molecule has 2 rings (SSSR count). The highest BCUT2D eigenvalue weighted by atomic mass is 16.2. The minimum Gasteiger partial charge on any atom is -0.323 e. The second-order valence-corrected chi connectivity index (χ2v) is 4.71. The third-order valence-electron chi connectivity index (χ3n) is 3.25. The molecule has 1 unspecified atom stereocenters. The molecule has 7 nitrogen and oxygen atoms in total. The van der Waals surface area contributed by atoms with Crippen LogP contribution in [-0.4, -0.2) is 35.2 Å². The molecule has 1 heterocycles. The molecule has 20 heavy (non-hydrogen) atoms. The summed E-state index contributed by atoms with van der Waals surface area (Å²) < 4.78 is 0. The lowest BCUT2D eigenvalue weighted by Gasteiger charge is -2.32. The first kappa shape index (κ1) is 14.0. The van der Waals surface area contributed by atoms with Crippen LogP contribution in [0.4, 0.5) is 5.69 Å². The Labute approximate surface area is 116 Å². The zero-order valence-corrected chi connectivity index (χ0v) is 11.3. The first-order valence-corrected chi connectivity index (χ1v) is 6.16. The Hall–Kier alpha value is -2.41. The smallest absolute Gasteiger partial charge is 0.257 e. The minimum absolute atomic E-state index is 0.149. The van der Waals surface area contributed by atoms with Gasteiger partial charge in [0.05, 0.1) is 11.3 Å². The molecule has 0 saturated carbocycles. The number of nitrogens with two attached hydrogens (primary N) is 1. The van der Waals surface area contributed by atoms with Crippen molar-refractivity contribution in [2.75, 3.05) is 12.0 Å². The van der Waals surface area contributed by atoms with Gasteiger partial charge in [0.15, 0.2) is 0 Å². The van der Waals surface area contributed by atoms with Crippen LogP contribution in [0.15, 0.2) is 18.2 Å². The number of rotatable bonds is 2. The van der Waals surface area contributed by atoms with Crippen LogP contribution >= 0.6 is 0 Å². The van der Waals surface area contributed by atoms with Gasteiger partial charge in [0, 0.05) is 0 Å². The lowest BCUT2D eigenvalue weighted by molar-refractivity contribution is -0.138. The number of carbonyl (C=O) groups is 3. The standard InChI is InChI=1S/C13H16N4O3/c1-7-3-4-10(16-14)9(5-7)13(20)17-6-11(18)15-12(19)8(17)2/h3-5,8,16H,6,14H2,1-2H3,(H,15,18,19). The molecule has 0 bridgehead atoms. The predicted molar refractivity (Wildman–Crippen MR) is 72.6 cm³/mol. The second kappa shape index (κ2) is 5.30. The van der Waals surface area contributed by atoms with Gasteiger partial charge in [-0.1, -0.05) is 11.6 Å². The first-order valence-electron chi connectivity index (χ1n) is 6.16. The van der Waals surface area contributed by atoms with Gasteiger partial charge in [-0.2, -0.15) is 0 Å². The van der Waals surface area contributed by atoms with E-state index in [1.807, 2.05) is 13.0 Å². The molecule has 0 radical (unpaired) electrons. The lowest BCUT2D eigenvalue weighted by Crippen LogP contribution is -2.58. The first-order chi connectivity index (χ1) is 9.43. The van der Waals surface area contributed by atoms with Crippen molar-refractivity contribution >= 4 is 23.4 Å². The van der Waals surface area contributed by atoms with Crippen molar-refractivity contribution in [3.8, 4) is 0 Å². The summed E-state index contributed by atoms with van der Waals surface area (Å²) in [4.78, 5) is 36.8. The van der Waals surface area contributed by atoms with Crippen molar-refractivity contribution in [3.63, 3.8) is 0 Å². The van der Waals surface area contributed by atoms with E-state index in [-0.39, 0.29) is 6.54 Å². The van der Waals surface area contributed by atoms with Crippen LogP contribution in [-0.2, 0) is 9.59 Å². The second-order valence-electron chi connectivity index (χ2n) is 4.71. The lowest BCUT2D eigenvalue weighted by atomic mass is 10.1. The number of hydrogen-bond donors (Lipinski definition) is 3. The summed E-state index contributed by atoms with van der Waals surface area (Å²) in [6.07, 6.45) is 0. The Bertz CT molecular complexity index is 585. The van der Waals surface area contributed by atoms with Crippen LogP contribution in [0.25, 0.3) is 0 Å². The number of nitrogen functional groups attached to an aromatic ring is 1. The van der Waals surface area contributed by atoms with Gasteiger partial charge in [0.25, 0.3) is 5.91 Å². The van der Waals surface area contributed by atoms with Gasteiger partial charge in [0.2, 0.25) is 11.8 Å². The van der Waals surface area contributed by atoms with E-state index in [2.05, 4.69) is 10.7 Å². The highest BCUT2D eigenvalue weighted by molar-refractivity contribution is 6.08. The summed E-state index contributed by atoms with van der Waals surface area (Å²) in [5, 5.41) is 2.19. The van der Waals surface area contributed by atoms with Gasteiger partial charge in [-0.25, -0.2) is 0 Å². The number of nitrogens with one attached hydrogen (secondary N) is 2. The fraction of sp³-hybridized carbons (Fsp3) is 0.308. The fourth-order valence-corrected chi connectivity index (χ4v) is 2.08. The third kappa shape index (κ3) is 2.48. The molecule has 1 fully saturated rings. The van der Waals surface area contributed by atoms with Gasteiger partial charge >= 0.3 is 0 Å². The van der Waals surface area contributed by atoms with E-state index >= 15 is 0 Å². The van der Waals surface area contributed by atoms with Crippen LogP contribution in [0.3, 0.4) is 0 Å². The maximum atomic E-state index is 12.5. The molecule has 1 saturated heterocycles. The largest absolute Gasteiger partial charge is 0.323 e. The summed E-state index contributed by atoms with van der Waals surface area (Å²) in [6.45, 7) is 3.27. The number of anilines is 1. The molecular weight excluding hydrogens is 260 g/mol. The van der Waals surface area contributed by atoms with Gasteiger partial charge < -0.3 is 10.3 Å². The Kier molecular flexibility index (Phi) is 3.71. The molecule has 0 aliphatic carbocycles. The monoisotopic (exact) mass is 276 g/mol. The topological polar surface area (TPSA) is 105 Å². The van der Waals surface area contributed by atoms with E-state index in [0.29, 0.717) is 11.3 Å². The van der Waals surface area contributed by atoms with E-state index in [0.717, 1.165) is 5.56 Å². The number of aryl methyl sites for hydroxylation is 1. The third-order valence-corrected chi connectivity index (χ3v) is 3.25. The molecule has 1 aromatic rings. The number of amides is 3. The molecule has 7 heteroatoms. The summed E-state index contributed by atoms with van der Waals surface area (Å²) in [6, 6.07) is 4.45. The van der Waals surface area contributed by atoms with Crippen LogP contribution in [0, 0.1) is 6.92 Å². The molecule has 1 aliphatic rings. The highest BCUT2D eigenvalue weighted by Gasteiger charge is 2.34. The van der Waals surface area contributed by atoms with Crippen LogP contribution in [0.1, 0.15) is 22.8 Å². The Balaban J connectivity index is 2.37. The Morgan fingerprint density at radius 3 is 2.80 bits per heavy atom. The van der Waals surface area contributed by atoms with Crippen LogP contribution in [0.5, 0.6) is 0 Å². The molecule has 0 spiro atoms. The zero-order chi connectivity index (χ0) is 14.9.